The summed E-state index contributed by atoms with van der Waals surface area (Å²) in [6.07, 6.45) is 5.83. The molecule has 6 N–H and O–H groups in total. The van der Waals surface area contributed by atoms with Crippen LogP contribution < -0.4 is 5.73 Å². The number of aldehydes is 1. The lowest BCUT2D eigenvalue weighted by atomic mass is 9.59. The first-order valence-corrected chi connectivity index (χ1v) is 11.8. The molecule has 2 unspecified atom stereocenters. The van der Waals surface area contributed by atoms with Crippen molar-refractivity contribution in [3.05, 3.63) is 75.5 Å². The molecule has 0 radical (unpaired) electrons. The normalized spacial score (nSPS) is 30.8. The Morgan fingerprint density at radius 1 is 1.19 bits per heavy atom. The van der Waals surface area contributed by atoms with Crippen molar-refractivity contribution in [2.45, 2.75) is 30.8 Å². The van der Waals surface area contributed by atoms with Gasteiger partial charge in [-0.2, -0.15) is 0 Å². The number of methoxy groups -OCH3 is 1. The van der Waals surface area contributed by atoms with Crippen LogP contribution in [0.1, 0.15) is 40.2 Å². The van der Waals surface area contributed by atoms with E-state index in [4.69, 9.17) is 10.5 Å². The molecule has 4 aliphatic rings. The molecule has 10 nitrogen and oxygen atoms in total. The van der Waals surface area contributed by atoms with Gasteiger partial charge in [-0.25, -0.2) is 0 Å². The summed E-state index contributed by atoms with van der Waals surface area (Å²) >= 11 is 0. The summed E-state index contributed by atoms with van der Waals surface area (Å²) in [4.78, 5) is 50.4. The van der Waals surface area contributed by atoms with Crippen molar-refractivity contribution < 1.29 is 44.3 Å². The maximum Gasteiger partial charge on any atom is 0.255 e. The Morgan fingerprint density at radius 2 is 1.92 bits per heavy atom. The number of aliphatic hydroxyl groups excluding tert-OH is 2. The molecule has 0 aromatic heterocycles. The molecule has 1 aromatic rings. The lowest BCUT2D eigenvalue weighted by Gasteiger charge is -2.46. The maximum atomic E-state index is 13.7. The van der Waals surface area contributed by atoms with Crippen LogP contribution in [-0.4, -0.2) is 56.9 Å². The van der Waals surface area contributed by atoms with Crippen LogP contribution >= 0.6 is 0 Å². The minimum atomic E-state index is -2.61. The van der Waals surface area contributed by atoms with Gasteiger partial charge in [-0.15, -0.1) is 0 Å². The molecule has 0 saturated heterocycles. The lowest BCUT2D eigenvalue weighted by Crippen LogP contribution is -2.57. The van der Waals surface area contributed by atoms with Crippen molar-refractivity contribution in [3.8, 4) is 5.75 Å². The molecule has 0 aliphatic heterocycles. The minimum absolute atomic E-state index is 0.0311. The fraction of sp³-hybridized carbons (Fsp3) is 0.333. The molecule has 1 aromatic carbocycles. The van der Waals surface area contributed by atoms with E-state index in [2.05, 4.69) is 0 Å². The van der Waals surface area contributed by atoms with Crippen molar-refractivity contribution in [2.75, 3.05) is 7.11 Å². The summed E-state index contributed by atoms with van der Waals surface area (Å²) in [5.41, 5.74) is 2.60. The SMILES string of the molecule is COC1=CC(C=O)C(c2ccc(O)c3c2C[C@H]2C[C@H]4CC(O)=C(C(N)=O)C(=O)[C@@]4(O)C(O)=C2C3=O)C=C1. The molecule has 37 heavy (non-hydrogen) atoms. The van der Waals surface area contributed by atoms with Crippen LogP contribution in [0.5, 0.6) is 5.75 Å². The van der Waals surface area contributed by atoms with Crippen LogP contribution in [-0.2, 0) is 25.5 Å². The monoisotopic (exact) mass is 507 g/mol. The summed E-state index contributed by atoms with van der Waals surface area (Å²) in [5, 5.41) is 43.4. The van der Waals surface area contributed by atoms with Gasteiger partial charge in [0.1, 0.15) is 34.9 Å². The maximum absolute atomic E-state index is 13.7. The minimum Gasteiger partial charge on any atom is -0.511 e. The number of hydrogen-bond acceptors (Lipinski definition) is 9. The van der Waals surface area contributed by atoms with Crippen molar-refractivity contribution in [3.63, 3.8) is 0 Å². The zero-order valence-electron chi connectivity index (χ0n) is 19.8. The van der Waals surface area contributed by atoms with Gasteiger partial charge in [-0.05, 0) is 48.1 Å². The summed E-state index contributed by atoms with van der Waals surface area (Å²) in [5.74, 6) is -7.31. The summed E-state index contributed by atoms with van der Waals surface area (Å²) in [6.45, 7) is 0. The Balaban J connectivity index is 1.64. The second kappa shape index (κ2) is 8.45. The molecule has 0 saturated carbocycles. The molecular formula is C27H25NO9. The van der Waals surface area contributed by atoms with E-state index in [1.165, 1.54) is 13.2 Å². The standard InChI is InChI=1S/C27H25NO9/c1-37-14-2-3-15(12(7-14)10-29)16-4-5-18(30)21-17(16)8-11-6-13-9-19(31)22(26(28)35)25(34)27(13,36)24(33)20(11)23(21)32/h2-5,7,10-13,15,30-31,33,36H,6,8-9H2,1H3,(H2,28,35)/t11-,12?,13+,15?,27+/m1/s1. The number of carbonyl (C=O) groups is 4. The quantitative estimate of drug-likeness (QED) is 0.298. The van der Waals surface area contributed by atoms with E-state index >= 15 is 0 Å². The number of nitrogens with two attached hydrogens (primary N) is 1. The number of aromatic hydroxyl groups is 1. The zero-order chi connectivity index (χ0) is 26.8. The lowest BCUT2D eigenvalue weighted by molar-refractivity contribution is -0.144. The van der Waals surface area contributed by atoms with Gasteiger partial charge in [-0.1, -0.05) is 12.1 Å². The number of ketones is 2. The molecule has 0 heterocycles. The molecule has 0 fully saturated rings. The second-order valence-corrected chi connectivity index (χ2v) is 9.81. The van der Waals surface area contributed by atoms with Crippen molar-refractivity contribution in [1.29, 1.82) is 0 Å². The van der Waals surface area contributed by atoms with Gasteiger partial charge in [0, 0.05) is 29.7 Å². The first-order valence-electron chi connectivity index (χ1n) is 11.8. The molecule has 5 rings (SSSR count). The number of hydrogen-bond donors (Lipinski definition) is 5. The van der Waals surface area contributed by atoms with Gasteiger partial charge in [0.05, 0.1) is 12.7 Å². The number of carbonyl (C=O) groups excluding carboxylic acids is 4. The van der Waals surface area contributed by atoms with Crippen molar-refractivity contribution in [2.24, 2.45) is 23.5 Å². The molecule has 5 atom stereocenters. The van der Waals surface area contributed by atoms with E-state index < -0.39 is 63.8 Å². The summed E-state index contributed by atoms with van der Waals surface area (Å²) < 4.78 is 5.22. The van der Waals surface area contributed by atoms with E-state index in [0.717, 1.165) is 6.29 Å². The molecule has 0 spiro atoms. The molecule has 0 bridgehead atoms. The molecule has 4 aliphatic carbocycles. The van der Waals surface area contributed by atoms with Crippen LogP contribution in [0.3, 0.4) is 0 Å². The number of Topliss-reactive ketones (excluding diaryl/α,β-unsaturated/α-hetero) is 2. The molecule has 1 amide bonds. The fourth-order valence-corrected chi connectivity index (χ4v) is 6.20. The van der Waals surface area contributed by atoms with Crippen molar-refractivity contribution in [1.82, 2.24) is 0 Å². The third kappa shape index (κ3) is 3.36. The van der Waals surface area contributed by atoms with Gasteiger partial charge in [0.15, 0.2) is 11.4 Å². The van der Waals surface area contributed by atoms with Crippen molar-refractivity contribution >= 4 is 23.8 Å². The highest BCUT2D eigenvalue weighted by molar-refractivity contribution is 6.24. The second-order valence-electron chi connectivity index (χ2n) is 9.81. The van der Waals surface area contributed by atoms with Gasteiger partial charge in [-0.3, -0.25) is 14.4 Å². The third-order valence-electron chi connectivity index (χ3n) is 7.97. The van der Waals surface area contributed by atoms with Crippen LogP contribution in [0.4, 0.5) is 0 Å². The predicted molar refractivity (Wildman–Crippen MR) is 127 cm³/mol. The first kappa shape index (κ1) is 24.5. The Labute approximate surface area is 211 Å². The number of ether oxygens (including phenoxy) is 1. The molecule has 10 heteroatoms. The number of rotatable bonds is 4. The Hall–Kier alpha value is -4.18. The average molecular weight is 507 g/mol. The van der Waals surface area contributed by atoms with E-state index in [1.807, 2.05) is 0 Å². The Bertz CT molecular complexity index is 1400. The number of phenolic OH excluding ortho intramolecular Hbond substituents is 1. The van der Waals surface area contributed by atoms with E-state index in [0.29, 0.717) is 16.9 Å². The number of fused-ring (bicyclic) bond motifs is 3. The zero-order valence-corrected chi connectivity index (χ0v) is 19.8. The van der Waals surface area contributed by atoms with E-state index in [9.17, 15) is 39.6 Å². The van der Waals surface area contributed by atoms with Crippen LogP contribution in [0.2, 0.25) is 0 Å². The number of allylic oxidation sites excluding steroid dienone is 5. The highest BCUT2D eigenvalue weighted by Gasteiger charge is 2.59. The smallest absolute Gasteiger partial charge is 0.255 e. The fourth-order valence-electron chi connectivity index (χ4n) is 6.20. The number of primary amides is 1. The van der Waals surface area contributed by atoms with Gasteiger partial charge < -0.3 is 35.7 Å². The number of aliphatic hydroxyl groups is 3. The van der Waals surface area contributed by atoms with Gasteiger partial charge in [0.25, 0.3) is 5.91 Å². The first-order chi connectivity index (χ1) is 17.5. The molecular weight excluding hydrogens is 482 g/mol. The number of benzene rings is 1. The van der Waals surface area contributed by atoms with Gasteiger partial charge >= 0.3 is 0 Å². The highest BCUT2D eigenvalue weighted by Crippen LogP contribution is 2.52. The summed E-state index contributed by atoms with van der Waals surface area (Å²) in [6, 6.07) is 2.97. The predicted octanol–water partition coefficient (Wildman–Crippen LogP) is 1.58. The summed E-state index contributed by atoms with van der Waals surface area (Å²) in [7, 11) is 1.49. The average Bonchev–Trinajstić information content (AvgIpc) is 2.85. The van der Waals surface area contributed by atoms with Crippen LogP contribution in [0, 0.1) is 17.8 Å². The number of amides is 1. The van der Waals surface area contributed by atoms with E-state index in [-0.39, 0.29) is 36.1 Å². The van der Waals surface area contributed by atoms with Crippen LogP contribution in [0.15, 0.2) is 58.8 Å². The van der Waals surface area contributed by atoms with Gasteiger partial charge in [0.2, 0.25) is 5.78 Å². The topological polar surface area (TPSA) is 184 Å². The molecule has 192 valence electrons. The van der Waals surface area contributed by atoms with Crippen LogP contribution in [0.25, 0.3) is 0 Å². The highest BCUT2D eigenvalue weighted by atomic mass is 16.5. The Morgan fingerprint density at radius 3 is 2.57 bits per heavy atom. The Kier molecular flexibility index (Phi) is 5.60. The third-order valence-corrected chi connectivity index (χ3v) is 7.97. The number of phenols is 1. The largest absolute Gasteiger partial charge is 0.511 e. The van der Waals surface area contributed by atoms with E-state index in [1.54, 1.807) is 24.3 Å².